The SMILES string of the molecule is Br.COC(=O)/C=C/C=C(\C=C\C(=O)OC)OC.COc1ccc(C(=O)O)c(C(=O)O)c1.COc1ccc2c(c1)C(=O)NC2=O.COc1ccc2c(c1)C(=O)OC2=O.COc1ccc2c(c1)CNC2.Oc1ccc2c(c1)CNC2. The Labute approximate surface area is 457 Å². The topological polar surface area (TPSA) is 307 Å². The van der Waals surface area contributed by atoms with Crippen molar-refractivity contribution in [1.29, 1.82) is 0 Å². The van der Waals surface area contributed by atoms with Gasteiger partial charge >= 0.3 is 35.8 Å². The molecule has 0 bridgehead atoms. The minimum atomic E-state index is -1.29. The van der Waals surface area contributed by atoms with Crippen LogP contribution in [0.3, 0.4) is 0 Å². The van der Waals surface area contributed by atoms with Crippen LogP contribution in [0.2, 0.25) is 0 Å². The van der Waals surface area contributed by atoms with E-state index in [1.54, 1.807) is 37.4 Å². The third-order valence-corrected chi connectivity index (χ3v) is 10.9. The molecule has 5 aromatic carbocycles. The van der Waals surface area contributed by atoms with Gasteiger partial charge in [-0.3, -0.25) is 14.9 Å². The molecule has 9 rings (SSSR count). The maximum Gasteiger partial charge on any atom is 0.347 e. The number of imide groups is 1. The summed E-state index contributed by atoms with van der Waals surface area (Å²) in [7, 11) is 10.1. The fourth-order valence-electron chi connectivity index (χ4n) is 6.86. The van der Waals surface area contributed by atoms with Crippen LogP contribution in [-0.2, 0) is 54.7 Å². The maximum atomic E-state index is 11.2. The van der Waals surface area contributed by atoms with E-state index in [9.17, 15) is 38.4 Å². The highest BCUT2D eigenvalue weighted by Gasteiger charge is 2.30. The van der Waals surface area contributed by atoms with Crippen LogP contribution in [0.4, 0.5) is 0 Å². The second kappa shape index (κ2) is 31.5. The number of hydrogen-bond donors (Lipinski definition) is 6. The second-order valence-corrected chi connectivity index (χ2v) is 15.6. The number of ether oxygens (including phenoxy) is 8. The predicted molar refractivity (Wildman–Crippen MR) is 284 cm³/mol. The molecule has 4 aliphatic rings. The molecule has 412 valence electrons. The molecule has 5 aromatic rings. The molecule has 0 spiro atoms. The number of phenols is 1. The molecule has 0 saturated carbocycles. The third kappa shape index (κ3) is 18.5. The third-order valence-electron chi connectivity index (χ3n) is 10.9. The number of aromatic carboxylic acids is 2. The summed E-state index contributed by atoms with van der Waals surface area (Å²) < 4.78 is 37.9. The molecular formula is C55H56BrN3O19. The van der Waals surface area contributed by atoms with Crippen LogP contribution in [0.1, 0.15) is 84.4 Å². The molecule has 0 unspecified atom stereocenters. The summed E-state index contributed by atoms with van der Waals surface area (Å²) >= 11 is 0. The first-order chi connectivity index (χ1) is 36.9. The van der Waals surface area contributed by atoms with Gasteiger partial charge < -0.3 is 63.8 Å². The number of carbonyl (C=O) groups is 8. The zero-order valence-electron chi connectivity index (χ0n) is 43.2. The molecule has 4 aliphatic heterocycles. The van der Waals surface area contributed by atoms with E-state index in [1.165, 1.54) is 126 Å². The number of carboxylic acid groups (broad SMARTS) is 2. The highest BCUT2D eigenvalue weighted by molar-refractivity contribution is 8.93. The van der Waals surface area contributed by atoms with Crippen molar-refractivity contribution in [3.8, 4) is 28.7 Å². The summed E-state index contributed by atoms with van der Waals surface area (Å²) in [5, 5.41) is 35.1. The second-order valence-electron chi connectivity index (χ2n) is 15.6. The Morgan fingerprint density at radius 2 is 0.949 bits per heavy atom. The molecule has 4 heterocycles. The van der Waals surface area contributed by atoms with Gasteiger partial charge in [0, 0.05) is 38.3 Å². The number of phenolic OH excluding ortho intramolecular Hbond substituents is 1. The zero-order valence-corrected chi connectivity index (χ0v) is 44.9. The largest absolute Gasteiger partial charge is 0.508 e. The fourth-order valence-corrected chi connectivity index (χ4v) is 6.86. The number of fused-ring (bicyclic) bond motifs is 4. The van der Waals surface area contributed by atoms with Crippen molar-refractivity contribution < 1.29 is 91.6 Å². The number of esters is 4. The molecule has 0 aliphatic carbocycles. The average Bonchev–Trinajstić information content (AvgIpc) is 4.25. The van der Waals surface area contributed by atoms with E-state index in [4.69, 9.17) is 39.0 Å². The minimum Gasteiger partial charge on any atom is -0.508 e. The first kappa shape index (κ1) is 63.0. The van der Waals surface area contributed by atoms with Gasteiger partial charge in [0.25, 0.3) is 11.8 Å². The number of hydrogen-bond acceptors (Lipinski definition) is 19. The van der Waals surface area contributed by atoms with E-state index in [0.717, 1.165) is 31.9 Å². The molecule has 22 nitrogen and oxygen atoms in total. The quantitative estimate of drug-likeness (QED) is 0.0156. The van der Waals surface area contributed by atoms with E-state index in [1.807, 2.05) is 18.2 Å². The maximum absolute atomic E-state index is 11.2. The fraction of sp³-hybridized carbons (Fsp3) is 0.200. The molecule has 2 amide bonds. The van der Waals surface area contributed by atoms with Crippen molar-refractivity contribution in [2.24, 2.45) is 0 Å². The molecular weight excluding hydrogens is 1090 g/mol. The Bertz CT molecular complexity index is 3020. The Morgan fingerprint density at radius 1 is 0.487 bits per heavy atom. The van der Waals surface area contributed by atoms with Crippen molar-refractivity contribution in [3.63, 3.8) is 0 Å². The Hall–Kier alpha value is -9.32. The van der Waals surface area contributed by atoms with E-state index in [2.05, 4.69) is 42.3 Å². The summed E-state index contributed by atoms with van der Waals surface area (Å²) in [6.07, 6.45) is 6.82. The number of methoxy groups -OCH3 is 7. The van der Waals surface area contributed by atoms with Gasteiger partial charge in [0.05, 0.1) is 83.1 Å². The summed E-state index contributed by atoms with van der Waals surface area (Å²) in [5.41, 5.74) is 6.11. The van der Waals surface area contributed by atoms with E-state index < -0.39 is 35.8 Å². The van der Waals surface area contributed by atoms with Crippen molar-refractivity contribution in [2.45, 2.75) is 26.2 Å². The Morgan fingerprint density at radius 3 is 1.51 bits per heavy atom. The van der Waals surface area contributed by atoms with Crippen LogP contribution in [0, 0.1) is 0 Å². The number of rotatable bonds is 11. The van der Waals surface area contributed by atoms with Crippen molar-refractivity contribution >= 4 is 64.6 Å². The van der Waals surface area contributed by atoms with Gasteiger partial charge in [0.2, 0.25) is 0 Å². The van der Waals surface area contributed by atoms with Gasteiger partial charge in [0.1, 0.15) is 34.5 Å². The summed E-state index contributed by atoms with van der Waals surface area (Å²) in [5.74, 6) is -2.29. The zero-order chi connectivity index (χ0) is 56.6. The van der Waals surface area contributed by atoms with Crippen LogP contribution in [-0.4, -0.2) is 113 Å². The molecule has 0 radical (unpaired) electrons. The molecule has 0 atom stereocenters. The molecule has 0 saturated heterocycles. The van der Waals surface area contributed by atoms with Gasteiger partial charge in [0.15, 0.2) is 0 Å². The molecule has 6 N–H and O–H groups in total. The first-order valence-corrected chi connectivity index (χ1v) is 22.7. The summed E-state index contributed by atoms with van der Waals surface area (Å²) in [6, 6.07) is 24.9. The first-order valence-electron chi connectivity index (χ1n) is 22.7. The Balaban J connectivity index is 0.000000246. The van der Waals surface area contributed by atoms with Gasteiger partial charge in [-0.1, -0.05) is 18.2 Å². The van der Waals surface area contributed by atoms with Crippen molar-refractivity contribution in [3.05, 3.63) is 183 Å². The van der Waals surface area contributed by atoms with Gasteiger partial charge in [-0.05, 0) is 113 Å². The van der Waals surface area contributed by atoms with Gasteiger partial charge in [-0.25, -0.2) is 28.8 Å². The van der Waals surface area contributed by atoms with Crippen molar-refractivity contribution in [1.82, 2.24) is 16.0 Å². The van der Waals surface area contributed by atoms with Crippen LogP contribution >= 0.6 is 17.0 Å². The van der Waals surface area contributed by atoms with Gasteiger partial charge in [-0.2, -0.15) is 0 Å². The lowest BCUT2D eigenvalue weighted by molar-refractivity contribution is -0.135. The predicted octanol–water partition coefficient (Wildman–Crippen LogP) is 6.52. The van der Waals surface area contributed by atoms with Crippen LogP contribution in [0.15, 0.2) is 127 Å². The van der Waals surface area contributed by atoms with Gasteiger partial charge in [-0.15, -0.1) is 17.0 Å². The summed E-state index contributed by atoms with van der Waals surface area (Å²) in [4.78, 5) is 87.1. The molecule has 0 aromatic heterocycles. The van der Waals surface area contributed by atoms with Crippen LogP contribution in [0.25, 0.3) is 0 Å². The van der Waals surface area contributed by atoms with Crippen LogP contribution < -0.4 is 34.9 Å². The number of carbonyl (C=O) groups excluding carboxylic acids is 6. The Kier molecular flexibility index (Phi) is 25.5. The normalized spacial score (nSPS) is 12.8. The highest BCUT2D eigenvalue weighted by Crippen LogP contribution is 2.25. The number of nitrogens with one attached hydrogen (secondary N) is 3. The number of halogens is 1. The molecule has 78 heavy (non-hydrogen) atoms. The molecule has 0 fully saturated rings. The average molecular weight is 1140 g/mol. The smallest absolute Gasteiger partial charge is 0.347 e. The lowest BCUT2D eigenvalue weighted by atomic mass is 10.1. The van der Waals surface area contributed by atoms with Crippen LogP contribution in [0.5, 0.6) is 28.7 Å². The number of aromatic hydroxyl groups is 1. The number of amides is 2. The lowest BCUT2D eigenvalue weighted by Crippen LogP contribution is -2.19. The monoisotopic (exact) mass is 1140 g/mol. The van der Waals surface area contributed by atoms with Crippen molar-refractivity contribution in [2.75, 3.05) is 49.8 Å². The highest BCUT2D eigenvalue weighted by atomic mass is 79.9. The molecule has 23 heteroatoms. The number of carboxylic acids is 2. The number of allylic oxidation sites excluding steroid dienone is 3. The standard InChI is InChI=1S/C11H14O5.C9H7NO3.C9H11NO.C9H8O5.C9H6O4.C8H9NO.BrH/c1-14-9(7-8-11(13)16-3)5-4-6-10(12)15-2;1-13-5-2-3-6-7(4-5)9(12)10-8(6)11;1-11-9-3-2-7-5-10-6-8(7)4-9;1-14-5-2-3-6(8(10)11)7(4-5)9(12)13;1-12-5-2-3-6-7(4-5)9(11)13-8(6)10;10-8-2-1-6-4-9-5-7(6)3-8;/h4-8H,1-3H3;2-4H,1H3,(H,10,11,12);2-4,10H,5-6H2,1H3;2-4H,1H3,(H,10,11)(H,12,13);2-4H,1H3;1-3,9-10H,4-5H2;1H/b6-4+,8-7+,9-5+;;;;;;. The summed E-state index contributed by atoms with van der Waals surface area (Å²) in [6.45, 7) is 3.81. The van der Waals surface area contributed by atoms with E-state index in [-0.39, 0.29) is 45.5 Å². The number of benzene rings is 5. The number of cyclic esters (lactones) is 2. The van der Waals surface area contributed by atoms with E-state index in [0.29, 0.717) is 45.4 Å². The lowest BCUT2D eigenvalue weighted by Gasteiger charge is -2.04. The van der Waals surface area contributed by atoms with E-state index >= 15 is 0 Å². The minimum absolute atomic E-state index is 0.